The lowest BCUT2D eigenvalue weighted by Crippen LogP contribution is -2.31. The molecule has 0 amide bonds. The Morgan fingerprint density at radius 2 is 2.00 bits per heavy atom. The average Bonchev–Trinajstić information content (AvgIpc) is 2.36. The van der Waals surface area contributed by atoms with Gasteiger partial charge < -0.3 is 10.6 Å². The second-order valence-electron chi connectivity index (χ2n) is 4.48. The quantitative estimate of drug-likeness (QED) is 0.841. The molecule has 0 saturated carbocycles. The van der Waals surface area contributed by atoms with E-state index in [1.165, 1.54) is 0 Å². The summed E-state index contributed by atoms with van der Waals surface area (Å²) in [5.41, 5.74) is -1.03. The van der Waals surface area contributed by atoms with Crippen molar-refractivity contribution in [3.63, 3.8) is 0 Å². The van der Waals surface area contributed by atoms with Crippen LogP contribution in [0.3, 0.4) is 0 Å². The van der Waals surface area contributed by atoms with E-state index in [1.807, 2.05) is 0 Å². The maximum absolute atomic E-state index is 12.6. The number of nitrogens with one attached hydrogen (secondary N) is 2. The Hall–Kier alpha value is -1.08. The smallest absolute Gasteiger partial charge is 0.370 e. The monoisotopic (exact) mass is 294 g/mol. The SMILES string of the molecule is FC(F)(F)c1cc(NCC2CCNCC2)nc(Cl)n1. The molecule has 4 nitrogen and oxygen atoms in total. The summed E-state index contributed by atoms with van der Waals surface area (Å²) in [5, 5.41) is 5.73. The zero-order valence-corrected chi connectivity index (χ0v) is 10.9. The molecule has 1 aromatic rings. The van der Waals surface area contributed by atoms with E-state index in [2.05, 4.69) is 20.6 Å². The van der Waals surface area contributed by atoms with E-state index < -0.39 is 17.2 Å². The molecule has 2 N–H and O–H groups in total. The fourth-order valence-electron chi connectivity index (χ4n) is 1.99. The number of rotatable bonds is 3. The molecule has 19 heavy (non-hydrogen) atoms. The van der Waals surface area contributed by atoms with Gasteiger partial charge in [0.25, 0.3) is 0 Å². The maximum atomic E-state index is 12.6. The molecule has 106 valence electrons. The Kier molecular flexibility index (Phi) is 4.46. The minimum Gasteiger partial charge on any atom is -0.370 e. The van der Waals surface area contributed by atoms with E-state index in [4.69, 9.17) is 11.6 Å². The van der Waals surface area contributed by atoms with Crippen LogP contribution in [-0.2, 0) is 6.18 Å². The van der Waals surface area contributed by atoms with Gasteiger partial charge in [-0.15, -0.1) is 0 Å². The van der Waals surface area contributed by atoms with Gasteiger partial charge in [0.05, 0.1) is 0 Å². The predicted molar refractivity (Wildman–Crippen MR) is 66.1 cm³/mol. The molecule has 1 aliphatic rings. The van der Waals surface area contributed by atoms with Gasteiger partial charge in [-0.2, -0.15) is 13.2 Å². The molecule has 0 radical (unpaired) electrons. The fourth-order valence-corrected chi connectivity index (χ4v) is 2.17. The first kappa shape index (κ1) is 14.3. The zero-order valence-electron chi connectivity index (χ0n) is 10.1. The number of anilines is 1. The van der Waals surface area contributed by atoms with Crippen LogP contribution in [0, 0.1) is 5.92 Å². The number of aromatic nitrogens is 2. The van der Waals surface area contributed by atoms with Crippen LogP contribution in [0.2, 0.25) is 5.28 Å². The summed E-state index contributed by atoms with van der Waals surface area (Å²) in [4.78, 5) is 6.94. The third kappa shape index (κ3) is 4.21. The van der Waals surface area contributed by atoms with Crippen LogP contribution >= 0.6 is 11.6 Å². The topological polar surface area (TPSA) is 49.8 Å². The first-order valence-electron chi connectivity index (χ1n) is 6.01. The highest BCUT2D eigenvalue weighted by molar-refractivity contribution is 6.28. The van der Waals surface area contributed by atoms with Crippen molar-refractivity contribution in [1.29, 1.82) is 0 Å². The van der Waals surface area contributed by atoms with Crippen LogP contribution in [-0.4, -0.2) is 29.6 Å². The van der Waals surface area contributed by atoms with Crippen molar-refractivity contribution in [1.82, 2.24) is 15.3 Å². The van der Waals surface area contributed by atoms with Gasteiger partial charge in [-0.25, -0.2) is 9.97 Å². The highest BCUT2D eigenvalue weighted by Gasteiger charge is 2.33. The first-order chi connectivity index (χ1) is 8.95. The number of hydrogen-bond donors (Lipinski definition) is 2. The molecular weight excluding hydrogens is 281 g/mol. The minimum atomic E-state index is -4.52. The minimum absolute atomic E-state index is 0.117. The van der Waals surface area contributed by atoms with Gasteiger partial charge in [0.2, 0.25) is 5.28 Å². The molecule has 0 spiro atoms. The summed E-state index contributed by atoms with van der Waals surface area (Å²) in [6.45, 7) is 2.46. The molecule has 1 saturated heterocycles. The fraction of sp³-hybridized carbons (Fsp3) is 0.636. The molecule has 0 aliphatic carbocycles. The third-order valence-corrected chi connectivity index (χ3v) is 3.19. The summed E-state index contributed by atoms with van der Waals surface area (Å²) >= 11 is 5.51. The average molecular weight is 295 g/mol. The van der Waals surface area contributed by atoms with Crippen LogP contribution < -0.4 is 10.6 Å². The van der Waals surface area contributed by atoms with Gasteiger partial charge >= 0.3 is 6.18 Å². The highest BCUT2D eigenvalue weighted by atomic mass is 35.5. The first-order valence-corrected chi connectivity index (χ1v) is 6.39. The van der Waals surface area contributed by atoms with Crippen LogP contribution in [0.4, 0.5) is 19.0 Å². The summed E-state index contributed by atoms with van der Waals surface area (Å²) in [6.07, 6.45) is -2.52. The zero-order chi connectivity index (χ0) is 13.9. The van der Waals surface area contributed by atoms with Gasteiger partial charge in [-0.3, -0.25) is 0 Å². The van der Waals surface area contributed by atoms with Crippen LogP contribution in [0.15, 0.2) is 6.07 Å². The molecule has 0 unspecified atom stereocenters. The van der Waals surface area contributed by atoms with Crippen molar-refractivity contribution in [2.24, 2.45) is 5.92 Å². The summed E-state index contributed by atoms with van der Waals surface area (Å²) in [5.74, 6) is 0.551. The molecule has 0 atom stereocenters. The largest absolute Gasteiger partial charge is 0.433 e. The molecule has 1 aliphatic heterocycles. The standard InChI is InChI=1S/C11H14ClF3N4/c12-10-18-8(11(13,14)15)5-9(19-10)17-6-7-1-3-16-4-2-7/h5,7,16H,1-4,6H2,(H,17,18,19). The summed E-state index contributed by atoms with van der Waals surface area (Å²) in [7, 11) is 0. The number of piperidine rings is 1. The Bertz CT molecular complexity index is 432. The van der Waals surface area contributed by atoms with E-state index in [-0.39, 0.29) is 5.82 Å². The second-order valence-corrected chi connectivity index (χ2v) is 4.82. The normalized spacial score (nSPS) is 17.5. The lowest BCUT2D eigenvalue weighted by Gasteiger charge is -2.23. The third-order valence-electron chi connectivity index (χ3n) is 3.02. The Morgan fingerprint density at radius 1 is 1.32 bits per heavy atom. The van der Waals surface area contributed by atoms with Crippen molar-refractivity contribution >= 4 is 17.4 Å². The van der Waals surface area contributed by atoms with Crippen LogP contribution in [0.5, 0.6) is 0 Å². The van der Waals surface area contributed by atoms with Gasteiger partial charge in [0.1, 0.15) is 5.82 Å². The molecule has 0 aromatic carbocycles. The summed E-state index contributed by atoms with van der Waals surface area (Å²) in [6, 6.07) is 0.882. The van der Waals surface area contributed by atoms with E-state index in [1.54, 1.807) is 0 Å². The number of hydrogen-bond acceptors (Lipinski definition) is 4. The summed E-state index contributed by atoms with van der Waals surface area (Å²) < 4.78 is 37.7. The van der Waals surface area contributed by atoms with Gasteiger partial charge in [0.15, 0.2) is 5.69 Å². The van der Waals surface area contributed by atoms with Crippen molar-refractivity contribution in [2.75, 3.05) is 25.0 Å². The van der Waals surface area contributed by atoms with E-state index >= 15 is 0 Å². The lowest BCUT2D eigenvalue weighted by molar-refractivity contribution is -0.141. The van der Waals surface area contributed by atoms with Gasteiger partial charge in [-0.1, -0.05) is 0 Å². The number of alkyl halides is 3. The molecule has 1 aromatic heterocycles. The predicted octanol–water partition coefficient (Wildman–Crippen LogP) is 2.56. The van der Waals surface area contributed by atoms with E-state index in [0.717, 1.165) is 32.0 Å². The number of nitrogens with zero attached hydrogens (tertiary/aromatic N) is 2. The van der Waals surface area contributed by atoms with Crippen molar-refractivity contribution in [3.05, 3.63) is 17.0 Å². The van der Waals surface area contributed by atoms with Crippen LogP contribution in [0.25, 0.3) is 0 Å². The van der Waals surface area contributed by atoms with E-state index in [9.17, 15) is 13.2 Å². The molecule has 0 bridgehead atoms. The second kappa shape index (κ2) is 5.92. The molecular formula is C11H14ClF3N4. The van der Waals surface area contributed by atoms with Gasteiger partial charge in [-0.05, 0) is 43.5 Å². The van der Waals surface area contributed by atoms with Crippen molar-refractivity contribution in [3.8, 4) is 0 Å². The molecule has 2 heterocycles. The Labute approximate surface area is 113 Å². The van der Waals surface area contributed by atoms with E-state index in [0.29, 0.717) is 12.5 Å². The number of halogens is 4. The van der Waals surface area contributed by atoms with Crippen LogP contribution in [0.1, 0.15) is 18.5 Å². The highest BCUT2D eigenvalue weighted by Crippen LogP contribution is 2.29. The van der Waals surface area contributed by atoms with Gasteiger partial charge in [0, 0.05) is 12.6 Å². The lowest BCUT2D eigenvalue weighted by atomic mass is 9.98. The Morgan fingerprint density at radius 3 is 2.63 bits per heavy atom. The molecule has 8 heteroatoms. The molecule has 2 rings (SSSR count). The molecule has 1 fully saturated rings. The maximum Gasteiger partial charge on any atom is 0.433 e. The van der Waals surface area contributed by atoms with Crippen molar-refractivity contribution < 1.29 is 13.2 Å². The van der Waals surface area contributed by atoms with Crippen molar-refractivity contribution in [2.45, 2.75) is 19.0 Å². The Balaban J connectivity index is 2.01.